The summed E-state index contributed by atoms with van der Waals surface area (Å²) in [6.45, 7) is 4.34. The molecule has 0 spiro atoms. The molecule has 3 aromatic heterocycles. The van der Waals surface area contributed by atoms with Gasteiger partial charge in [-0.1, -0.05) is 6.07 Å². The van der Waals surface area contributed by atoms with E-state index in [9.17, 15) is 13.2 Å². The molecule has 4 aromatic rings. The molecule has 0 aliphatic carbocycles. The van der Waals surface area contributed by atoms with Gasteiger partial charge < -0.3 is 18.7 Å². The molecule has 3 heterocycles. The highest BCUT2D eigenvalue weighted by Crippen LogP contribution is 2.21. The fourth-order valence-electron chi connectivity index (χ4n) is 3.43. The molecule has 0 saturated heterocycles. The topological polar surface area (TPSA) is 106 Å². The largest absolute Gasteiger partial charge is 0.468 e. The molecule has 2 N–H and O–H groups in total. The molecule has 0 fully saturated rings. The molecule has 0 saturated carbocycles. The number of nitrogens with zero attached hydrogens (tertiary/aromatic N) is 1. The quantitative estimate of drug-likeness (QED) is 0.418. The zero-order valence-electron chi connectivity index (χ0n) is 17.7. The van der Waals surface area contributed by atoms with Gasteiger partial charge in [-0.2, -0.15) is 0 Å². The Balaban J connectivity index is 1.49. The highest BCUT2D eigenvalue weighted by Gasteiger charge is 2.19. The van der Waals surface area contributed by atoms with Crippen LogP contribution >= 0.6 is 0 Å². The number of aromatic nitrogens is 1. The van der Waals surface area contributed by atoms with E-state index in [0.717, 1.165) is 17.1 Å². The van der Waals surface area contributed by atoms with Gasteiger partial charge in [-0.05, 0) is 62.4 Å². The van der Waals surface area contributed by atoms with Crippen LogP contribution in [0, 0.1) is 13.8 Å². The van der Waals surface area contributed by atoms with Crippen LogP contribution in [0.3, 0.4) is 0 Å². The summed E-state index contributed by atoms with van der Waals surface area (Å²) in [4.78, 5) is 13.0. The van der Waals surface area contributed by atoms with Crippen molar-refractivity contribution in [2.75, 3.05) is 5.32 Å². The van der Waals surface area contributed by atoms with E-state index in [2.05, 4.69) is 10.0 Å². The predicted octanol–water partition coefficient (Wildman–Crippen LogP) is 4.07. The standard InChI is InChI=1S/C23H23N3O5S/c1-16-12-22(17(2)26(16)15-20-8-5-11-31-20)23(27)25-18-6-3-9-21(13-18)32(28,29)24-14-19-7-4-10-30-19/h3-13,24H,14-15H2,1-2H3,(H,25,27). The average molecular weight is 454 g/mol. The smallest absolute Gasteiger partial charge is 0.257 e. The molecule has 1 aromatic carbocycles. The van der Waals surface area contributed by atoms with Crippen LogP contribution in [0.2, 0.25) is 0 Å². The van der Waals surface area contributed by atoms with Crippen molar-refractivity contribution in [1.29, 1.82) is 0 Å². The van der Waals surface area contributed by atoms with E-state index in [1.807, 2.05) is 30.5 Å². The molecule has 0 atom stereocenters. The zero-order valence-corrected chi connectivity index (χ0v) is 18.5. The Morgan fingerprint density at radius 3 is 2.38 bits per heavy atom. The van der Waals surface area contributed by atoms with E-state index in [4.69, 9.17) is 8.83 Å². The maximum atomic E-state index is 12.9. The van der Waals surface area contributed by atoms with Crippen molar-refractivity contribution >= 4 is 21.6 Å². The van der Waals surface area contributed by atoms with Crippen LogP contribution in [0.1, 0.15) is 33.3 Å². The minimum absolute atomic E-state index is 0.0353. The number of carbonyl (C=O) groups is 1. The Hall–Kier alpha value is -3.56. The summed E-state index contributed by atoms with van der Waals surface area (Å²) in [6, 6.07) is 15.0. The van der Waals surface area contributed by atoms with Crippen molar-refractivity contribution in [1.82, 2.24) is 9.29 Å². The molecule has 0 bridgehead atoms. The van der Waals surface area contributed by atoms with Crippen molar-refractivity contribution in [3.8, 4) is 0 Å². The number of carbonyl (C=O) groups excluding carboxylic acids is 1. The third kappa shape index (κ3) is 4.68. The second-order valence-electron chi connectivity index (χ2n) is 7.34. The summed E-state index contributed by atoms with van der Waals surface area (Å²) >= 11 is 0. The fourth-order valence-corrected chi connectivity index (χ4v) is 4.47. The summed E-state index contributed by atoms with van der Waals surface area (Å²) in [6.07, 6.45) is 3.09. The SMILES string of the molecule is Cc1cc(C(=O)Nc2cccc(S(=O)(=O)NCc3ccco3)c2)c(C)n1Cc1ccco1. The van der Waals surface area contributed by atoms with Gasteiger partial charge in [0.15, 0.2) is 0 Å². The minimum atomic E-state index is -3.77. The Morgan fingerprint density at radius 2 is 1.69 bits per heavy atom. The van der Waals surface area contributed by atoms with Crippen LogP contribution < -0.4 is 10.0 Å². The lowest BCUT2D eigenvalue weighted by Crippen LogP contribution is -2.23. The van der Waals surface area contributed by atoms with Crippen LogP contribution in [-0.2, 0) is 23.1 Å². The first kappa shape index (κ1) is 21.7. The summed E-state index contributed by atoms with van der Waals surface area (Å²) < 4.78 is 40.3. The lowest BCUT2D eigenvalue weighted by Gasteiger charge is -2.10. The van der Waals surface area contributed by atoms with Crippen molar-refractivity contribution in [3.63, 3.8) is 0 Å². The van der Waals surface area contributed by atoms with E-state index < -0.39 is 10.0 Å². The minimum Gasteiger partial charge on any atom is -0.468 e. The fraction of sp³-hybridized carbons (Fsp3) is 0.174. The second-order valence-corrected chi connectivity index (χ2v) is 9.10. The summed E-state index contributed by atoms with van der Waals surface area (Å²) in [5, 5.41) is 2.79. The first-order valence-electron chi connectivity index (χ1n) is 9.96. The Morgan fingerprint density at radius 1 is 0.969 bits per heavy atom. The molecule has 8 nitrogen and oxygen atoms in total. The zero-order chi connectivity index (χ0) is 22.7. The van der Waals surface area contributed by atoms with Crippen molar-refractivity contribution in [2.45, 2.75) is 31.8 Å². The van der Waals surface area contributed by atoms with Crippen LogP contribution in [0.15, 0.2) is 80.9 Å². The number of rotatable bonds is 8. The summed E-state index contributed by atoms with van der Waals surface area (Å²) in [7, 11) is -3.77. The molecular formula is C23H23N3O5S. The number of amides is 1. The Bertz CT molecular complexity index is 1320. The van der Waals surface area contributed by atoms with Crippen molar-refractivity contribution in [2.24, 2.45) is 0 Å². The monoisotopic (exact) mass is 453 g/mol. The Kier molecular flexibility index (Phi) is 6.02. The van der Waals surface area contributed by atoms with E-state index in [0.29, 0.717) is 23.6 Å². The second kappa shape index (κ2) is 8.89. The number of hydrogen-bond acceptors (Lipinski definition) is 5. The van der Waals surface area contributed by atoms with Gasteiger partial charge in [-0.15, -0.1) is 0 Å². The molecular weight excluding hydrogens is 430 g/mol. The van der Waals surface area contributed by atoms with Crippen LogP contribution in [0.4, 0.5) is 5.69 Å². The predicted molar refractivity (Wildman–Crippen MR) is 119 cm³/mol. The number of hydrogen-bond donors (Lipinski definition) is 2. The number of furan rings is 2. The van der Waals surface area contributed by atoms with Crippen molar-refractivity contribution in [3.05, 3.63) is 95.6 Å². The van der Waals surface area contributed by atoms with Gasteiger partial charge in [-0.25, -0.2) is 13.1 Å². The number of nitrogens with one attached hydrogen (secondary N) is 2. The third-order valence-electron chi connectivity index (χ3n) is 5.13. The number of benzene rings is 1. The number of sulfonamides is 1. The molecule has 32 heavy (non-hydrogen) atoms. The molecule has 0 aliphatic rings. The molecule has 1 amide bonds. The maximum Gasteiger partial charge on any atom is 0.257 e. The highest BCUT2D eigenvalue weighted by molar-refractivity contribution is 7.89. The number of aryl methyl sites for hydroxylation is 1. The summed E-state index contributed by atoms with van der Waals surface area (Å²) in [5.74, 6) is 0.975. The molecule has 166 valence electrons. The van der Waals surface area contributed by atoms with Crippen LogP contribution in [-0.4, -0.2) is 18.9 Å². The molecule has 0 unspecified atom stereocenters. The van der Waals surface area contributed by atoms with E-state index in [-0.39, 0.29) is 17.3 Å². The van der Waals surface area contributed by atoms with Gasteiger partial charge in [0.1, 0.15) is 11.5 Å². The molecule has 9 heteroatoms. The van der Waals surface area contributed by atoms with Crippen LogP contribution in [0.25, 0.3) is 0 Å². The third-order valence-corrected chi connectivity index (χ3v) is 6.53. The van der Waals surface area contributed by atoms with Gasteiger partial charge >= 0.3 is 0 Å². The average Bonchev–Trinajstić information content (AvgIpc) is 3.52. The van der Waals surface area contributed by atoms with E-state index in [1.54, 1.807) is 36.6 Å². The summed E-state index contributed by atoms with van der Waals surface area (Å²) in [5.41, 5.74) is 2.60. The van der Waals surface area contributed by atoms with Crippen LogP contribution in [0.5, 0.6) is 0 Å². The lowest BCUT2D eigenvalue weighted by molar-refractivity contribution is 0.102. The normalized spacial score (nSPS) is 11.6. The van der Waals surface area contributed by atoms with Gasteiger partial charge in [0, 0.05) is 17.1 Å². The van der Waals surface area contributed by atoms with Gasteiger partial charge in [0.25, 0.3) is 5.91 Å². The molecule has 4 rings (SSSR count). The van der Waals surface area contributed by atoms with Gasteiger partial charge in [0.05, 0.1) is 36.1 Å². The van der Waals surface area contributed by atoms with Crippen molar-refractivity contribution < 1.29 is 22.0 Å². The molecule has 0 radical (unpaired) electrons. The first-order valence-corrected chi connectivity index (χ1v) is 11.4. The van der Waals surface area contributed by atoms with E-state index in [1.165, 1.54) is 18.4 Å². The molecule has 0 aliphatic heterocycles. The first-order chi connectivity index (χ1) is 15.3. The number of anilines is 1. The van der Waals surface area contributed by atoms with Gasteiger partial charge in [-0.3, -0.25) is 4.79 Å². The van der Waals surface area contributed by atoms with E-state index >= 15 is 0 Å². The maximum absolute atomic E-state index is 12.9. The van der Waals surface area contributed by atoms with Gasteiger partial charge in [0.2, 0.25) is 10.0 Å². The lowest BCUT2D eigenvalue weighted by atomic mass is 10.2. The highest BCUT2D eigenvalue weighted by atomic mass is 32.2. The Labute approximate surface area is 185 Å².